The van der Waals surface area contributed by atoms with Gasteiger partial charge in [-0.1, -0.05) is 0 Å². The molecule has 6 nitrogen and oxygen atoms in total. The molecule has 1 aliphatic rings. The highest BCUT2D eigenvalue weighted by Gasteiger charge is 2.21. The molecule has 0 saturated heterocycles. The molecular formula is C11H10N4O2. The van der Waals surface area contributed by atoms with Crippen LogP contribution in [0.5, 0.6) is 0 Å². The second-order valence-electron chi connectivity index (χ2n) is 3.81. The lowest BCUT2D eigenvalue weighted by Gasteiger charge is -2.15. The van der Waals surface area contributed by atoms with Crippen molar-refractivity contribution in [3.63, 3.8) is 0 Å². The summed E-state index contributed by atoms with van der Waals surface area (Å²) in [5.41, 5.74) is -0.368. The fourth-order valence-electron chi connectivity index (χ4n) is 2.04. The number of nitrogens with zero attached hydrogens (tertiary/aromatic N) is 2. The molecule has 0 aromatic carbocycles. The molecule has 6 heteroatoms. The van der Waals surface area contributed by atoms with Crippen molar-refractivity contribution in [2.75, 3.05) is 10.6 Å². The Labute approximate surface area is 96.3 Å². The molecule has 0 unspecified atom stereocenters. The summed E-state index contributed by atoms with van der Waals surface area (Å²) in [6.45, 7) is 2.72. The Balaban J connectivity index is 2.48. The number of anilines is 2. The van der Waals surface area contributed by atoms with E-state index in [9.17, 15) is 9.59 Å². The van der Waals surface area contributed by atoms with Gasteiger partial charge in [0, 0.05) is 24.2 Å². The van der Waals surface area contributed by atoms with Gasteiger partial charge in [-0.2, -0.15) is 4.98 Å². The Hall–Kier alpha value is -2.37. The van der Waals surface area contributed by atoms with Crippen molar-refractivity contribution < 1.29 is 4.79 Å². The topological polar surface area (TPSA) is 76.0 Å². The van der Waals surface area contributed by atoms with Crippen LogP contribution in [0.3, 0.4) is 0 Å². The maximum Gasteiger partial charge on any atom is 0.326 e. The Morgan fingerprint density at radius 2 is 2.12 bits per heavy atom. The van der Waals surface area contributed by atoms with Crippen LogP contribution in [0.2, 0.25) is 0 Å². The van der Waals surface area contributed by atoms with Gasteiger partial charge in [-0.25, -0.2) is 4.79 Å². The minimum atomic E-state index is -0.370. The molecule has 86 valence electrons. The van der Waals surface area contributed by atoms with Crippen LogP contribution in [0.4, 0.5) is 16.4 Å². The molecule has 0 aliphatic carbocycles. The predicted octanol–water partition coefficient (Wildman–Crippen LogP) is 1.37. The molecule has 2 N–H and O–H groups in total. The summed E-state index contributed by atoms with van der Waals surface area (Å²) in [7, 11) is 0. The third-order valence-electron chi connectivity index (χ3n) is 2.78. The number of aryl methyl sites for hydroxylation is 1. The highest BCUT2D eigenvalue weighted by molar-refractivity contribution is 6.15. The summed E-state index contributed by atoms with van der Waals surface area (Å²) in [4.78, 5) is 26.7. The van der Waals surface area contributed by atoms with Crippen molar-refractivity contribution in [2.45, 2.75) is 13.5 Å². The van der Waals surface area contributed by atoms with E-state index in [-0.39, 0.29) is 11.6 Å². The Morgan fingerprint density at radius 3 is 2.88 bits per heavy atom. The zero-order valence-electron chi connectivity index (χ0n) is 9.15. The Bertz CT molecular complexity index is 690. The second-order valence-corrected chi connectivity index (χ2v) is 3.81. The van der Waals surface area contributed by atoms with E-state index in [2.05, 4.69) is 15.6 Å². The number of carbonyl (C=O) groups excluding carboxylic acids is 1. The first kappa shape index (κ1) is 9.83. The number of hydrogen-bond acceptors (Lipinski definition) is 3. The van der Waals surface area contributed by atoms with Gasteiger partial charge in [0.1, 0.15) is 11.6 Å². The number of rotatable bonds is 1. The van der Waals surface area contributed by atoms with E-state index in [0.29, 0.717) is 11.6 Å². The summed E-state index contributed by atoms with van der Waals surface area (Å²) < 4.78 is 1.92. The number of carbonyl (C=O) groups is 1. The van der Waals surface area contributed by atoms with Gasteiger partial charge in [0.2, 0.25) is 0 Å². The van der Waals surface area contributed by atoms with Crippen molar-refractivity contribution >= 4 is 28.4 Å². The molecule has 0 atom stereocenters. The third-order valence-corrected chi connectivity index (χ3v) is 2.78. The number of urea groups is 1. The summed E-state index contributed by atoms with van der Waals surface area (Å²) in [6.07, 6.45) is 1.89. The average molecular weight is 230 g/mol. The highest BCUT2D eigenvalue weighted by atomic mass is 16.2. The first-order valence-corrected chi connectivity index (χ1v) is 5.31. The number of hydrogen-bond donors (Lipinski definition) is 2. The fraction of sp³-hybridized carbons (Fsp3) is 0.182. The molecule has 0 radical (unpaired) electrons. The van der Waals surface area contributed by atoms with Gasteiger partial charge in [-0.05, 0) is 13.0 Å². The largest absolute Gasteiger partial charge is 0.333 e. The van der Waals surface area contributed by atoms with Crippen molar-refractivity contribution in [2.24, 2.45) is 0 Å². The van der Waals surface area contributed by atoms with E-state index in [1.54, 1.807) is 6.07 Å². The van der Waals surface area contributed by atoms with Crippen LogP contribution in [0.1, 0.15) is 6.92 Å². The Morgan fingerprint density at radius 1 is 1.29 bits per heavy atom. The van der Waals surface area contributed by atoms with Crippen molar-refractivity contribution in [3.05, 3.63) is 28.7 Å². The van der Waals surface area contributed by atoms with E-state index in [4.69, 9.17) is 0 Å². The second kappa shape index (κ2) is 3.31. The molecule has 2 aromatic heterocycles. The van der Waals surface area contributed by atoms with Gasteiger partial charge in [0.15, 0.2) is 0 Å². The third kappa shape index (κ3) is 1.37. The fourth-order valence-corrected chi connectivity index (χ4v) is 2.04. The lowest BCUT2D eigenvalue weighted by molar-refractivity contribution is 0.262. The number of amides is 2. The number of aromatic nitrogens is 2. The molecule has 3 heterocycles. The minimum absolute atomic E-state index is 0.320. The van der Waals surface area contributed by atoms with Crippen LogP contribution in [0, 0.1) is 0 Å². The average Bonchev–Trinajstić information content (AvgIpc) is 2.55. The van der Waals surface area contributed by atoms with Gasteiger partial charge in [0.05, 0.1) is 5.39 Å². The minimum Gasteiger partial charge on any atom is -0.333 e. The molecule has 1 aliphatic heterocycles. The van der Waals surface area contributed by atoms with Crippen LogP contribution < -0.4 is 16.2 Å². The molecular weight excluding hydrogens is 220 g/mol. The number of nitrogens with one attached hydrogen (secondary N) is 2. The van der Waals surface area contributed by atoms with E-state index >= 15 is 0 Å². The SMILES string of the molecule is CCn1cc2ccc(=O)nc3c2c1NC(=O)N3. The van der Waals surface area contributed by atoms with E-state index in [1.807, 2.05) is 17.7 Å². The standard InChI is InChI=1S/C11H10N4O2/c1-2-15-5-6-3-4-7(16)12-9-8(6)10(15)14-11(17)13-9/h3-5H,2H2,1H3,(H2,12,13,14,16,17). The summed E-state index contributed by atoms with van der Waals surface area (Å²) in [6, 6.07) is 2.74. The Kier molecular flexibility index (Phi) is 1.91. The molecule has 17 heavy (non-hydrogen) atoms. The first-order valence-electron chi connectivity index (χ1n) is 5.31. The summed E-state index contributed by atoms with van der Waals surface area (Å²) >= 11 is 0. The monoisotopic (exact) mass is 230 g/mol. The van der Waals surface area contributed by atoms with Gasteiger partial charge in [0.25, 0.3) is 5.56 Å². The van der Waals surface area contributed by atoms with Crippen LogP contribution >= 0.6 is 0 Å². The zero-order chi connectivity index (χ0) is 12.0. The molecule has 0 fully saturated rings. The van der Waals surface area contributed by atoms with E-state index < -0.39 is 0 Å². The summed E-state index contributed by atoms with van der Waals surface area (Å²) in [5, 5.41) is 6.92. The van der Waals surface area contributed by atoms with E-state index in [0.717, 1.165) is 17.3 Å². The van der Waals surface area contributed by atoms with Crippen molar-refractivity contribution in [3.8, 4) is 0 Å². The smallest absolute Gasteiger partial charge is 0.326 e. The molecule has 0 spiro atoms. The van der Waals surface area contributed by atoms with Gasteiger partial charge < -0.3 is 4.57 Å². The maximum atomic E-state index is 11.5. The quantitative estimate of drug-likeness (QED) is 0.776. The predicted molar refractivity (Wildman–Crippen MR) is 64.3 cm³/mol. The van der Waals surface area contributed by atoms with Crippen LogP contribution in [0.25, 0.3) is 10.8 Å². The lowest BCUT2D eigenvalue weighted by atomic mass is 10.2. The van der Waals surface area contributed by atoms with Gasteiger partial charge in [-0.15, -0.1) is 0 Å². The van der Waals surface area contributed by atoms with Crippen LogP contribution in [-0.4, -0.2) is 15.6 Å². The zero-order valence-corrected chi connectivity index (χ0v) is 9.15. The maximum absolute atomic E-state index is 11.5. The molecule has 0 saturated carbocycles. The van der Waals surface area contributed by atoms with Crippen molar-refractivity contribution in [1.29, 1.82) is 0 Å². The molecule has 3 rings (SSSR count). The van der Waals surface area contributed by atoms with Crippen molar-refractivity contribution in [1.82, 2.24) is 9.55 Å². The highest BCUT2D eigenvalue weighted by Crippen LogP contribution is 2.32. The lowest BCUT2D eigenvalue weighted by Crippen LogP contribution is -2.26. The summed E-state index contributed by atoms with van der Waals surface area (Å²) in [5.74, 6) is 1.00. The first-order chi connectivity index (χ1) is 8.19. The molecule has 2 amide bonds. The molecule has 0 bridgehead atoms. The van der Waals surface area contributed by atoms with Crippen LogP contribution in [-0.2, 0) is 6.54 Å². The molecule has 2 aromatic rings. The van der Waals surface area contributed by atoms with Gasteiger partial charge in [-0.3, -0.25) is 15.4 Å². The van der Waals surface area contributed by atoms with Crippen LogP contribution in [0.15, 0.2) is 23.1 Å². The van der Waals surface area contributed by atoms with Gasteiger partial charge >= 0.3 is 6.03 Å². The normalized spacial score (nSPS) is 13.4. The van der Waals surface area contributed by atoms with E-state index in [1.165, 1.54) is 6.07 Å².